The average molecular weight is 271 g/mol. The summed E-state index contributed by atoms with van der Waals surface area (Å²) in [6, 6.07) is 7.30. The van der Waals surface area contributed by atoms with Crippen LogP contribution in [0.15, 0.2) is 24.3 Å². The zero-order chi connectivity index (χ0) is 13.4. The molecule has 0 bridgehead atoms. The van der Waals surface area contributed by atoms with Gasteiger partial charge in [-0.05, 0) is 31.5 Å². The molecule has 1 saturated heterocycles. The molecule has 1 aromatic rings. The number of carbonyl (C=O) groups is 1. The number of hydrogen-bond donors (Lipinski definition) is 0. The summed E-state index contributed by atoms with van der Waals surface area (Å²) in [6.45, 7) is 4.28. The van der Waals surface area contributed by atoms with Crippen molar-refractivity contribution in [3.8, 4) is 5.75 Å². The molecule has 0 aliphatic carbocycles. The standard InChI is InChI=1S/C13H15ClO4/c1-4-17-10-7-5-9(6-8-10)12(2)13(14,18-12)11(15)16-3/h5-8H,4H2,1-3H3. The summed E-state index contributed by atoms with van der Waals surface area (Å²) in [7, 11) is 1.28. The molecule has 2 unspecified atom stereocenters. The average Bonchev–Trinajstić information content (AvgIpc) is 2.95. The van der Waals surface area contributed by atoms with E-state index in [-0.39, 0.29) is 0 Å². The molecule has 0 spiro atoms. The Morgan fingerprint density at radius 1 is 1.39 bits per heavy atom. The molecule has 1 heterocycles. The van der Waals surface area contributed by atoms with Gasteiger partial charge in [-0.1, -0.05) is 23.7 Å². The quantitative estimate of drug-likeness (QED) is 0.479. The third-order valence-electron chi connectivity index (χ3n) is 3.08. The van der Waals surface area contributed by atoms with Crippen molar-refractivity contribution in [3.63, 3.8) is 0 Å². The Labute approximate surface area is 111 Å². The minimum atomic E-state index is -1.42. The molecule has 1 aliphatic rings. The van der Waals surface area contributed by atoms with Gasteiger partial charge in [0.1, 0.15) is 11.4 Å². The van der Waals surface area contributed by atoms with Gasteiger partial charge in [0.2, 0.25) is 0 Å². The Kier molecular flexibility index (Phi) is 3.25. The van der Waals surface area contributed by atoms with E-state index in [2.05, 4.69) is 4.74 Å². The molecule has 18 heavy (non-hydrogen) atoms. The van der Waals surface area contributed by atoms with Crippen LogP contribution in [0.1, 0.15) is 19.4 Å². The van der Waals surface area contributed by atoms with Gasteiger partial charge in [0.05, 0.1) is 13.7 Å². The van der Waals surface area contributed by atoms with Crippen molar-refractivity contribution in [1.82, 2.24) is 0 Å². The minimum Gasteiger partial charge on any atom is -0.494 e. The summed E-state index contributed by atoms with van der Waals surface area (Å²) in [5.41, 5.74) is -0.0433. The first-order valence-corrected chi connectivity index (χ1v) is 6.06. The number of epoxide rings is 1. The van der Waals surface area contributed by atoms with Gasteiger partial charge in [-0.2, -0.15) is 0 Å². The van der Waals surface area contributed by atoms with Crippen molar-refractivity contribution in [1.29, 1.82) is 0 Å². The highest BCUT2D eigenvalue weighted by atomic mass is 35.5. The van der Waals surface area contributed by atoms with Crippen molar-refractivity contribution in [3.05, 3.63) is 29.8 Å². The van der Waals surface area contributed by atoms with E-state index < -0.39 is 16.6 Å². The fraction of sp³-hybridized carbons (Fsp3) is 0.462. The van der Waals surface area contributed by atoms with Gasteiger partial charge in [-0.25, -0.2) is 4.79 Å². The minimum absolute atomic E-state index is 0.583. The number of rotatable bonds is 4. The van der Waals surface area contributed by atoms with Gasteiger partial charge in [-0.3, -0.25) is 0 Å². The highest BCUT2D eigenvalue weighted by Gasteiger charge is 2.73. The van der Waals surface area contributed by atoms with E-state index in [0.29, 0.717) is 6.61 Å². The number of benzene rings is 1. The third-order valence-corrected chi connectivity index (χ3v) is 3.67. The van der Waals surface area contributed by atoms with Crippen molar-refractivity contribution < 1.29 is 19.0 Å². The molecule has 4 nitrogen and oxygen atoms in total. The summed E-state index contributed by atoms with van der Waals surface area (Å²) in [5.74, 6) is 0.185. The molecule has 5 heteroatoms. The first-order valence-electron chi connectivity index (χ1n) is 5.69. The number of methoxy groups -OCH3 is 1. The Balaban J connectivity index is 2.21. The first-order chi connectivity index (χ1) is 8.48. The van der Waals surface area contributed by atoms with Crippen LogP contribution in [0.3, 0.4) is 0 Å². The monoisotopic (exact) mass is 270 g/mol. The molecule has 1 aromatic carbocycles. The smallest absolute Gasteiger partial charge is 0.357 e. The van der Waals surface area contributed by atoms with Gasteiger partial charge in [-0.15, -0.1) is 0 Å². The van der Waals surface area contributed by atoms with Gasteiger partial charge in [0.25, 0.3) is 5.06 Å². The molecule has 0 radical (unpaired) electrons. The molecule has 1 fully saturated rings. The number of esters is 1. The Morgan fingerprint density at radius 3 is 2.50 bits per heavy atom. The molecule has 0 saturated carbocycles. The first kappa shape index (κ1) is 13.2. The fourth-order valence-electron chi connectivity index (χ4n) is 1.90. The summed E-state index contributed by atoms with van der Waals surface area (Å²) in [5, 5.41) is -1.42. The van der Waals surface area contributed by atoms with Crippen molar-refractivity contribution in [2.75, 3.05) is 13.7 Å². The lowest BCUT2D eigenvalue weighted by molar-refractivity contribution is -0.143. The van der Waals surface area contributed by atoms with E-state index in [9.17, 15) is 4.79 Å². The van der Waals surface area contributed by atoms with E-state index in [0.717, 1.165) is 11.3 Å². The van der Waals surface area contributed by atoms with Gasteiger partial charge in [0.15, 0.2) is 0 Å². The van der Waals surface area contributed by atoms with E-state index in [1.54, 1.807) is 6.92 Å². The van der Waals surface area contributed by atoms with Crippen LogP contribution in [0.25, 0.3) is 0 Å². The summed E-state index contributed by atoms with van der Waals surface area (Å²) < 4.78 is 15.4. The number of carbonyl (C=O) groups excluding carboxylic acids is 1. The van der Waals surface area contributed by atoms with Gasteiger partial charge >= 0.3 is 5.97 Å². The molecule has 0 aromatic heterocycles. The number of ether oxygens (including phenoxy) is 3. The molecule has 2 atom stereocenters. The van der Waals surface area contributed by atoms with E-state index in [4.69, 9.17) is 21.1 Å². The van der Waals surface area contributed by atoms with E-state index in [1.807, 2.05) is 31.2 Å². The fourth-order valence-corrected chi connectivity index (χ4v) is 2.24. The molecule has 0 N–H and O–H groups in total. The maximum atomic E-state index is 11.6. The predicted octanol–water partition coefficient (Wildman–Crippen LogP) is 2.44. The third kappa shape index (κ3) is 1.85. The van der Waals surface area contributed by atoms with Crippen molar-refractivity contribution >= 4 is 17.6 Å². The van der Waals surface area contributed by atoms with Crippen LogP contribution in [0, 0.1) is 0 Å². The van der Waals surface area contributed by atoms with Crippen LogP contribution >= 0.6 is 11.6 Å². The number of alkyl halides is 1. The van der Waals surface area contributed by atoms with Gasteiger partial charge < -0.3 is 14.2 Å². The molecule has 98 valence electrons. The van der Waals surface area contributed by atoms with E-state index >= 15 is 0 Å². The molecular formula is C13H15ClO4. The molecular weight excluding hydrogens is 256 g/mol. The lowest BCUT2D eigenvalue weighted by Gasteiger charge is -2.10. The Morgan fingerprint density at radius 2 is 2.00 bits per heavy atom. The molecule has 0 amide bonds. The Bertz CT molecular complexity index is 459. The number of halogens is 1. The zero-order valence-corrected chi connectivity index (χ0v) is 11.3. The maximum Gasteiger partial charge on any atom is 0.357 e. The van der Waals surface area contributed by atoms with Crippen LogP contribution in [0.2, 0.25) is 0 Å². The second-order valence-electron chi connectivity index (χ2n) is 4.18. The van der Waals surface area contributed by atoms with Crippen LogP contribution in [-0.4, -0.2) is 24.7 Å². The van der Waals surface area contributed by atoms with Gasteiger partial charge in [0, 0.05) is 0 Å². The topological polar surface area (TPSA) is 48.1 Å². The summed E-state index contributed by atoms with van der Waals surface area (Å²) in [6.07, 6.45) is 0. The Hall–Kier alpha value is -1.26. The van der Waals surface area contributed by atoms with Crippen LogP contribution in [-0.2, 0) is 19.9 Å². The predicted molar refractivity (Wildman–Crippen MR) is 66.6 cm³/mol. The summed E-state index contributed by atoms with van der Waals surface area (Å²) >= 11 is 6.11. The summed E-state index contributed by atoms with van der Waals surface area (Å²) in [4.78, 5) is 11.6. The highest BCUT2D eigenvalue weighted by Crippen LogP contribution is 2.59. The lowest BCUT2D eigenvalue weighted by atomic mass is 9.97. The van der Waals surface area contributed by atoms with Crippen LogP contribution in [0.4, 0.5) is 0 Å². The second-order valence-corrected chi connectivity index (χ2v) is 4.71. The largest absolute Gasteiger partial charge is 0.494 e. The highest BCUT2D eigenvalue weighted by molar-refractivity contribution is 6.35. The van der Waals surface area contributed by atoms with Crippen LogP contribution in [0.5, 0.6) is 5.75 Å². The normalized spacial score (nSPS) is 29.8. The van der Waals surface area contributed by atoms with E-state index in [1.165, 1.54) is 7.11 Å². The van der Waals surface area contributed by atoms with Crippen LogP contribution < -0.4 is 4.74 Å². The lowest BCUT2D eigenvalue weighted by Crippen LogP contribution is -2.26. The molecule has 2 rings (SSSR count). The zero-order valence-electron chi connectivity index (χ0n) is 10.5. The number of hydrogen-bond acceptors (Lipinski definition) is 4. The SMILES string of the molecule is CCOc1ccc(C2(C)OC2(Cl)C(=O)OC)cc1. The maximum absolute atomic E-state index is 11.6. The van der Waals surface area contributed by atoms with Crippen molar-refractivity contribution in [2.24, 2.45) is 0 Å². The second kappa shape index (κ2) is 4.44. The molecule has 1 aliphatic heterocycles. The van der Waals surface area contributed by atoms with Crippen molar-refractivity contribution in [2.45, 2.75) is 24.5 Å².